The standard InChI is InChI=1S/C12H25P/c1-7-11(3,4)10(9-13)12(5,6)8-2/h9H,7-8,13H2,1-6H3. The summed E-state index contributed by atoms with van der Waals surface area (Å²) in [6.07, 6.45) is 2.41. The van der Waals surface area contributed by atoms with Crippen LogP contribution >= 0.6 is 9.24 Å². The van der Waals surface area contributed by atoms with Gasteiger partial charge in [-0.15, -0.1) is 9.24 Å². The molecule has 0 aromatic carbocycles. The van der Waals surface area contributed by atoms with Crippen LogP contribution in [0.1, 0.15) is 54.4 Å². The van der Waals surface area contributed by atoms with E-state index in [4.69, 9.17) is 0 Å². The summed E-state index contributed by atoms with van der Waals surface area (Å²) in [7, 11) is 2.76. The van der Waals surface area contributed by atoms with E-state index in [1.165, 1.54) is 12.8 Å². The Hall–Kier alpha value is 0.170. The Kier molecular flexibility index (Phi) is 4.66. The SMILES string of the molecule is CCC(C)(C)C(=CP)C(C)(C)CC. The van der Waals surface area contributed by atoms with Crippen molar-refractivity contribution in [2.75, 3.05) is 0 Å². The topological polar surface area (TPSA) is 0 Å². The van der Waals surface area contributed by atoms with E-state index in [1.807, 2.05) is 0 Å². The molecule has 0 aliphatic carbocycles. The highest BCUT2D eigenvalue weighted by atomic mass is 31.0. The molecular formula is C12H25P. The molecular weight excluding hydrogens is 175 g/mol. The van der Waals surface area contributed by atoms with Crippen LogP contribution < -0.4 is 0 Å². The zero-order chi connectivity index (χ0) is 10.7. The third-order valence-corrected chi connectivity index (χ3v) is 3.73. The van der Waals surface area contributed by atoms with Crippen molar-refractivity contribution < 1.29 is 0 Å². The molecule has 0 aliphatic heterocycles. The summed E-state index contributed by atoms with van der Waals surface area (Å²) < 4.78 is 0. The van der Waals surface area contributed by atoms with Gasteiger partial charge in [0, 0.05) is 0 Å². The van der Waals surface area contributed by atoms with Crippen molar-refractivity contribution in [1.82, 2.24) is 0 Å². The van der Waals surface area contributed by atoms with E-state index in [-0.39, 0.29) is 0 Å². The maximum absolute atomic E-state index is 2.76. The highest BCUT2D eigenvalue weighted by Crippen LogP contribution is 2.44. The Morgan fingerprint density at radius 1 is 1.00 bits per heavy atom. The maximum atomic E-state index is 2.76. The summed E-state index contributed by atoms with van der Waals surface area (Å²) in [5.74, 6) is 2.23. The largest absolute Gasteiger partial charge is 0.114 e. The van der Waals surface area contributed by atoms with Gasteiger partial charge in [-0.05, 0) is 23.7 Å². The third kappa shape index (κ3) is 3.09. The number of hydrogen-bond acceptors (Lipinski definition) is 0. The van der Waals surface area contributed by atoms with Gasteiger partial charge >= 0.3 is 0 Å². The Bertz CT molecular complexity index is 169. The van der Waals surface area contributed by atoms with Gasteiger partial charge in [-0.25, -0.2) is 0 Å². The molecule has 0 heterocycles. The second kappa shape index (κ2) is 4.60. The summed E-state index contributed by atoms with van der Waals surface area (Å²) in [5, 5.41) is 0. The van der Waals surface area contributed by atoms with E-state index in [2.05, 4.69) is 56.6 Å². The molecule has 0 N–H and O–H groups in total. The zero-order valence-corrected chi connectivity index (χ0v) is 11.2. The predicted octanol–water partition coefficient (Wildman–Crippen LogP) is 4.62. The van der Waals surface area contributed by atoms with Crippen LogP contribution in [-0.4, -0.2) is 0 Å². The van der Waals surface area contributed by atoms with Crippen LogP contribution in [0.15, 0.2) is 11.4 Å². The zero-order valence-electron chi connectivity index (χ0n) is 10.1. The van der Waals surface area contributed by atoms with Crippen LogP contribution in [-0.2, 0) is 0 Å². The monoisotopic (exact) mass is 200 g/mol. The second-order valence-electron chi connectivity index (χ2n) is 5.06. The fourth-order valence-electron chi connectivity index (χ4n) is 1.75. The van der Waals surface area contributed by atoms with Gasteiger partial charge in [-0.1, -0.05) is 52.9 Å². The van der Waals surface area contributed by atoms with Crippen molar-refractivity contribution in [2.45, 2.75) is 54.4 Å². The van der Waals surface area contributed by atoms with E-state index in [0.717, 1.165) is 0 Å². The Morgan fingerprint density at radius 2 is 1.31 bits per heavy atom. The van der Waals surface area contributed by atoms with Crippen molar-refractivity contribution >= 4 is 9.24 Å². The molecule has 0 amide bonds. The van der Waals surface area contributed by atoms with Gasteiger partial charge in [0.25, 0.3) is 0 Å². The number of allylic oxidation sites excluding steroid dienone is 1. The van der Waals surface area contributed by atoms with Crippen LogP contribution in [0.5, 0.6) is 0 Å². The fourth-order valence-corrected chi connectivity index (χ4v) is 2.65. The van der Waals surface area contributed by atoms with Crippen molar-refractivity contribution in [2.24, 2.45) is 10.8 Å². The summed E-state index contributed by atoms with van der Waals surface area (Å²) in [6.45, 7) is 13.9. The van der Waals surface area contributed by atoms with Crippen molar-refractivity contribution in [3.05, 3.63) is 11.4 Å². The van der Waals surface area contributed by atoms with Gasteiger partial charge in [0.05, 0.1) is 0 Å². The molecule has 0 aromatic heterocycles. The van der Waals surface area contributed by atoms with E-state index in [1.54, 1.807) is 5.57 Å². The molecule has 1 unspecified atom stereocenters. The molecule has 78 valence electrons. The van der Waals surface area contributed by atoms with E-state index in [9.17, 15) is 0 Å². The molecule has 0 rings (SSSR count). The molecule has 0 radical (unpaired) electrons. The minimum absolute atomic E-state index is 0.335. The molecule has 13 heavy (non-hydrogen) atoms. The Morgan fingerprint density at radius 3 is 1.46 bits per heavy atom. The molecule has 0 saturated carbocycles. The smallest absolute Gasteiger partial charge is 0.0139 e. The van der Waals surface area contributed by atoms with E-state index in [0.29, 0.717) is 10.8 Å². The molecule has 0 aromatic rings. The third-order valence-electron chi connectivity index (χ3n) is 3.39. The van der Waals surface area contributed by atoms with Gasteiger partial charge in [-0.3, -0.25) is 0 Å². The fraction of sp³-hybridized carbons (Fsp3) is 0.833. The molecule has 1 atom stereocenters. The lowest BCUT2D eigenvalue weighted by atomic mass is 9.68. The molecule has 0 saturated heterocycles. The molecule has 0 nitrogen and oxygen atoms in total. The van der Waals surface area contributed by atoms with E-state index >= 15 is 0 Å². The van der Waals surface area contributed by atoms with Crippen molar-refractivity contribution in [1.29, 1.82) is 0 Å². The number of hydrogen-bond donors (Lipinski definition) is 0. The highest BCUT2D eigenvalue weighted by Gasteiger charge is 2.31. The predicted molar refractivity (Wildman–Crippen MR) is 65.9 cm³/mol. The minimum atomic E-state index is 0.335. The second-order valence-corrected chi connectivity index (χ2v) is 5.39. The summed E-state index contributed by atoms with van der Waals surface area (Å²) in [5.41, 5.74) is 2.23. The average molecular weight is 200 g/mol. The Balaban J connectivity index is 4.94. The molecule has 0 aliphatic rings. The molecule has 0 spiro atoms. The molecule has 1 heteroatoms. The summed E-state index contributed by atoms with van der Waals surface area (Å²) in [6, 6.07) is 0. The first-order valence-corrected chi connectivity index (χ1v) is 5.91. The van der Waals surface area contributed by atoms with Gasteiger partial charge in [0.15, 0.2) is 0 Å². The Labute approximate surface area is 86.4 Å². The van der Waals surface area contributed by atoms with Gasteiger partial charge in [-0.2, -0.15) is 0 Å². The summed E-state index contributed by atoms with van der Waals surface area (Å²) >= 11 is 0. The first-order chi connectivity index (χ1) is 5.81. The minimum Gasteiger partial charge on any atom is -0.114 e. The maximum Gasteiger partial charge on any atom is -0.0139 e. The van der Waals surface area contributed by atoms with Gasteiger partial charge in [0.1, 0.15) is 0 Å². The quantitative estimate of drug-likeness (QED) is 0.581. The van der Waals surface area contributed by atoms with Crippen LogP contribution in [0.25, 0.3) is 0 Å². The van der Waals surface area contributed by atoms with Crippen molar-refractivity contribution in [3.8, 4) is 0 Å². The van der Waals surface area contributed by atoms with Crippen LogP contribution in [0.2, 0.25) is 0 Å². The average Bonchev–Trinajstić information content (AvgIpc) is 2.05. The van der Waals surface area contributed by atoms with E-state index < -0.39 is 0 Å². The molecule has 0 bridgehead atoms. The lowest BCUT2D eigenvalue weighted by molar-refractivity contribution is 0.300. The van der Waals surface area contributed by atoms with Crippen LogP contribution in [0.3, 0.4) is 0 Å². The lowest BCUT2D eigenvalue weighted by Crippen LogP contribution is -2.26. The first kappa shape index (κ1) is 13.2. The van der Waals surface area contributed by atoms with Crippen LogP contribution in [0.4, 0.5) is 0 Å². The summed E-state index contributed by atoms with van der Waals surface area (Å²) in [4.78, 5) is 0. The highest BCUT2D eigenvalue weighted by molar-refractivity contribution is 7.20. The first-order valence-electron chi connectivity index (χ1n) is 5.24. The van der Waals surface area contributed by atoms with Gasteiger partial charge in [0.2, 0.25) is 0 Å². The normalized spacial score (nSPS) is 12.8. The van der Waals surface area contributed by atoms with Crippen molar-refractivity contribution in [3.63, 3.8) is 0 Å². The van der Waals surface area contributed by atoms with Crippen LogP contribution in [0, 0.1) is 10.8 Å². The lowest BCUT2D eigenvalue weighted by Gasteiger charge is -2.38. The molecule has 0 fully saturated rings. The number of rotatable bonds is 4. The van der Waals surface area contributed by atoms with Gasteiger partial charge < -0.3 is 0 Å².